The van der Waals surface area contributed by atoms with Crippen LogP contribution in [0.4, 0.5) is 0 Å². The zero-order valence-electron chi connectivity index (χ0n) is 13.6. The van der Waals surface area contributed by atoms with Crippen LogP contribution in [0.2, 0.25) is 0 Å². The Bertz CT molecular complexity index is 687. The van der Waals surface area contributed by atoms with Crippen LogP contribution in [0.15, 0.2) is 29.6 Å². The number of thiazole rings is 1. The van der Waals surface area contributed by atoms with Crippen molar-refractivity contribution in [3.8, 4) is 10.6 Å². The van der Waals surface area contributed by atoms with Crippen molar-refractivity contribution in [1.29, 1.82) is 0 Å². The van der Waals surface area contributed by atoms with Gasteiger partial charge in [-0.1, -0.05) is 42.7 Å². The Morgan fingerprint density at radius 1 is 1.30 bits per heavy atom. The molecule has 1 fully saturated rings. The van der Waals surface area contributed by atoms with Crippen LogP contribution >= 0.6 is 11.3 Å². The number of likely N-dealkylation sites (N-methyl/N-ethyl adjacent to an activating group) is 1. The van der Waals surface area contributed by atoms with Gasteiger partial charge in [0.15, 0.2) is 0 Å². The Kier molecular flexibility index (Phi) is 4.50. The molecule has 4 nitrogen and oxygen atoms in total. The number of carbonyl (C=O) groups is 1. The summed E-state index contributed by atoms with van der Waals surface area (Å²) in [7, 11) is 1.74. The van der Waals surface area contributed by atoms with E-state index < -0.39 is 5.60 Å². The minimum atomic E-state index is -0.722. The molecule has 1 saturated carbocycles. The van der Waals surface area contributed by atoms with Crippen LogP contribution in [0.3, 0.4) is 0 Å². The summed E-state index contributed by atoms with van der Waals surface area (Å²) in [6.07, 6.45) is 3.62. The third-order valence-electron chi connectivity index (χ3n) is 4.43. The van der Waals surface area contributed by atoms with Gasteiger partial charge < -0.3 is 10.0 Å². The molecule has 1 aromatic carbocycles. The van der Waals surface area contributed by atoms with Crippen molar-refractivity contribution in [2.24, 2.45) is 0 Å². The molecule has 122 valence electrons. The normalized spacial score (nSPS) is 16.5. The summed E-state index contributed by atoms with van der Waals surface area (Å²) >= 11 is 1.47. The van der Waals surface area contributed by atoms with Gasteiger partial charge in [-0.3, -0.25) is 4.79 Å². The lowest BCUT2D eigenvalue weighted by Crippen LogP contribution is -2.42. The predicted octanol–water partition coefficient (Wildman–Crippen LogP) is 3.50. The van der Waals surface area contributed by atoms with Crippen molar-refractivity contribution in [1.82, 2.24) is 9.88 Å². The van der Waals surface area contributed by atoms with Crippen LogP contribution < -0.4 is 0 Å². The van der Waals surface area contributed by atoms with Crippen LogP contribution in [-0.4, -0.2) is 40.1 Å². The third kappa shape index (κ3) is 3.62. The van der Waals surface area contributed by atoms with E-state index in [2.05, 4.69) is 4.98 Å². The molecule has 5 heteroatoms. The van der Waals surface area contributed by atoms with Gasteiger partial charge in [0.25, 0.3) is 5.91 Å². The lowest BCUT2D eigenvalue weighted by atomic mass is 10.0. The van der Waals surface area contributed by atoms with E-state index in [1.165, 1.54) is 16.9 Å². The Balaban J connectivity index is 1.71. The van der Waals surface area contributed by atoms with Gasteiger partial charge in [0.2, 0.25) is 0 Å². The number of carbonyl (C=O) groups excluding carboxylic acids is 1. The number of hydrogen-bond acceptors (Lipinski definition) is 4. The monoisotopic (exact) mass is 330 g/mol. The number of hydrogen-bond donors (Lipinski definition) is 1. The Morgan fingerprint density at radius 3 is 2.61 bits per heavy atom. The first kappa shape index (κ1) is 16.1. The SMILES string of the molecule is Cc1ccc(-c2nc(C(=O)N(C)CC3(O)CCCC3)cs2)cc1. The van der Waals surface area contributed by atoms with Gasteiger partial charge in [0.05, 0.1) is 5.60 Å². The molecule has 1 aliphatic rings. The molecule has 1 aromatic heterocycles. The first-order chi connectivity index (χ1) is 11.0. The number of amides is 1. The summed E-state index contributed by atoms with van der Waals surface area (Å²) in [6.45, 7) is 2.42. The van der Waals surface area contributed by atoms with Gasteiger partial charge >= 0.3 is 0 Å². The zero-order valence-corrected chi connectivity index (χ0v) is 14.4. The summed E-state index contributed by atoms with van der Waals surface area (Å²) in [5.74, 6) is -0.125. The first-order valence-electron chi connectivity index (χ1n) is 7.97. The maximum absolute atomic E-state index is 12.5. The second-order valence-electron chi connectivity index (χ2n) is 6.50. The Morgan fingerprint density at radius 2 is 1.96 bits per heavy atom. The van der Waals surface area contributed by atoms with Gasteiger partial charge in [-0.05, 0) is 19.8 Å². The van der Waals surface area contributed by atoms with Crippen LogP contribution in [-0.2, 0) is 0 Å². The average Bonchev–Trinajstić information content (AvgIpc) is 3.16. The molecule has 0 radical (unpaired) electrons. The number of aromatic nitrogens is 1. The first-order valence-corrected chi connectivity index (χ1v) is 8.85. The summed E-state index contributed by atoms with van der Waals surface area (Å²) in [4.78, 5) is 18.6. The molecule has 0 unspecified atom stereocenters. The van der Waals surface area contributed by atoms with E-state index in [1.54, 1.807) is 17.3 Å². The lowest BCUT2D eigenvalue weighted by molar-refractivity contribution is 0.0155. The van der Waals surface area contributed by atoms with E-state index >= 15 is 0 Å². The van der Waals surface area contributed by atoms with Crippen molar-refractivity contribution in [2.75, 3.05) is 13.6 Å². The molecular formula is C18H22N2O2S. The smallest absolute Gasteiger partial charge is 0.273 e. The van der Waals surface area contributed by atoms with Crippen LogP contribution in [0.1, 0.15) is 41.7 Å². The van der Waals surface area contributed by atoms with E-state index in [1.807, 2.05) is 31.2 Å². The Hall–Kier alpha value is -1.72. The van der Waals surface area contributed by atoms with Crippen LogP contribution in [0.25, 0.3) is 10.6 Å². The molecule has 0 bridgehead atoms. The van der Waals surface area contributed by atoms with Crippen LogP contribution in [0, 0.1) is 6.92 Å². The van der Waals surface area contributed by atoms with Gasteiger partial charge in [0.1, 0.15) is 10.7 Å². The van der Waals surface area contributed by atoms with Crippen LogP contribution in [0.5, 0.6) is 0 Å². The fraction of sp³-hybridized carbons (Fsp3) is 0.444. The predicted molar refractivity (Wildman–Crippen MR) is 92.7 cm³/mol. The topological polar surface area (TPSA) is 53.4 Å². The number of nitrogens with zero attached hydrogens (tertiary/aromatic N) is 2. The molecule has 1 N–H and O–H groups in total. The molecule has 0 saturated heterocycles. The Labute approximate surface area is 140 Å². The van der Waals surface area contributed by atoms with Crippen molar-refractivity contribution < 1.29 is 9.90 Å². The van der Waals surface area contributed by atoms with Gasteiger partial charge in [-0.25, -0.2) is 4.98 Å². The summed E-state index contributed by atoms with van der Waals surface area (Å²) in [6, 6.07) is 8.13. The second-order valence-corrected chi connectivity index (χ2v) is 7.35. The number of aliphatic hydroxyl groups is 1. The highest BCUT2D eigenvalue weighted by Gasteiger charge is 2.34. The number of rotatable bonds is 4. The fourth-order valence-electron chi connectivity index (χ4n) is 3.10. The fourth-order valence-corrected chi connectivity index (χ4v) is 3.90. The molecule has 0 atom stereocenters. The maximum Gasteiger partial charge on any atom is 0.273 e. The molecule has 3 rings (SSSR count). The summed E-state index contributed by atoms with van der Waals surface area (Å²) < 4.78 is 0. The highest BCUT2D eigenvalue weighted by molar-refractivity contribution is 7.13. The van der Waals surface area contributed by atoms with Crippen molar-refractivity contribution in [3.63, 3.8) is 0 Å². The van der Waals surface area contributed by atoms with Gasteiger partial charge in [-0.2, -0.15) is 0 Å². The van der Waals surface area contributed by atoms with Crippen molar-refractivity contribution in [2.45, 2.75) is 38.2 Å². The molecular weight excluding hydrogens is 308 g/mol. The molecule has 0 spiro atoms. The average molecular weight is 330 g/mol. The lowest BCUT2D eigenvalue weighted by Gasteiger charge is -2.28. The molecule has 2 aromatic rings. The van der Waals surface area contributed by atoms with E-state index in [4.69, 9.17) is 0 Å². The van der Waals surface area contributed by atoms with E-state index in [-0.39, 0.29) is 5.91 Å². The van der Waals surface area contributed by atoms with Gasteiger partial charge in [-0.15, -0.1) is 11.3 Å². The third-order valence-corrected chi connectivity index (χ3v) is 5.33. The zero-order chi connectivity index (χ0) is 16.4. The largest absolute Gasteiger partial charge is 0.388 e. The summed E-state index contributed by atoms with van der Waals surface area (Å²) in [5, 5.41) is 13.1. The number of aryl methyl sites for hydroxylation is 1. The van der Waals surface area contributed by atoms with E-state index in [0.717, 1.165) is 36.3 Å². The quantitative estimate of drug-likeness (QED) is 0.933. The summed E-state index contributed by atoms with van der Waals surface area (Å²) in [5.41, 5.74) is 1.96. The molecule has 0 aliphatic heterocycles. The minimum absolute atomic E-state index is 0.125. The molecule has 1 amide bonds. The number of benzene rings is 1. The standard InChI is InChI=1S/C18H22N2O2S/c1-13-5-7-14(8-6-13)16-19-15(11-23-16)17(21)20(2)12-18(22)9-3-4-10-18/h5-8,11,22H,3-4,9-10,12H2,1-2H3. The molecule has 1 aliphatic carbocycles. The van der Waals surface area contributed by atoms with Gasteiger partial charge in [0, 0.05) is 24.5 Å². The molecule has 1 heterocycles. The highest BCUT2D eigenvalue weighted by Crippen LogP contribution is 2.30. The highest BCUT2D eigenvalue weighted by atomic mass is 32.1. The maximum atomic E-state index is 12.5. The second kappa shape index (κ2) is 6.42. The molecule has 23 heavy (non-hydrogen) atoms. The van der Waals surface area contributed by atoms with Crippen molar-refractivity contribution >= 4 is 17.2 Å². The minimum Gasteiger partial charge on any atom is -0.388 e. The van der Waals surface area contributed by atoms with E-state index in [0.29, 0.717) is 12.2 Å². The van der Waals surface area contributed by atoms with E-state index in [9.17, 15) is 9.90 Å². The van der Waals surface area contributed by atoms with Crippen molar-refractivity contribution in [3.05, 3.63) is 40.9 Å².